The van der Waals surface area contributed by atoms with Crippen molar-refractivity contribution in [2.75, 3.05) is 19.6 Å². The summed E-state index contributed by atoms with van der Waals surface area (Å²) >= 11 is 0. The minimum absolute atomic E-state index is 0.640. The second kappa shape index (κ2) is 8.10. The summed E-state index contributed by atoms with van der Waals surface area (Å²) in [5, 5.41) is 0. The van der Waals surface area contributed by atoms with Gasteiger partial charge in [-0.1, -0.05) is 33.6 Å². The van der Waals surface area contributed by atoms with E-state index in [2.05, 4.69) is 25.7 Å². The molecule has 1 aliphatic heterocycles. The quantitative estimate of drug-likeness (QED) is 0.772. The van der Waals surface area contributed by atoms with Crippen molar-refractivity contribution >= 4 is 0 Å². The fraction of sp³-hybridized carbons (Fsp3) is 1.00. The number of nitrogens with two attached hydrogens (primary N) is 1. The standard InChI is InChI=1S/C15H32N2/c1-4-5-8-15(12-16)17-10-6-7-14(9-11-17)13(2)3/h13-15H,4-12,16H2,1-3H3. The molecule has 0 amide bonds. The molecule has 0 spiro atoms. The number of unbranched alkanes of at least 4 members (excludes halogenated alkanes) is 1. The van der Waals surface area contributed by atoms with E-state index in [1.165, 1.54) is 51.6 Å². The number of hydrogen-bond acceptors (Lipinski definition) is 2. The van der Waals surface area contributed by atoms with E-state index in [0.717, 1.165) is 18.4 Å². The highest BCUT2D eigenvalue weighted by atomic mass is 15.2. The molecule has 0 aromatic carbocycles. The predicted molar refractivity (Wildman–Crippen MR) is 76.1 cm³/mol. The van der Waals surface area contributed by atoms with Gasteiger partial charge in [-0.05, 0) is 50.6 Å². The molecule has 2 unspecified atom stereocenters. The SMILES string of the molecule is CCCCC(CN)N1CCCC(C(C)C)CC1. The average molecular weight is 240 g/mol. The molecule has 1 fully saturated rings. The van der Waals surface area contributed by atoms with Crippen molar-refractivity contribution in [1.82, 2.24) is 4.90 Å². The van der Waals surface area contributed by atoms with Crippen LogP contribution in [0.5, 0.6) is 0 Å². The Hall–Kier alpha value is -0.0800. The average Bonchev–Trinajstić information content (AvgIpc) is 2.56. The third-order valence-corrected chi connectivity index (χ3v) is 4.43. The Morgan fingerprint density at radius 2 is 2.00 bits per heavy atom. The van der Waals surface area contributed by atoms with Crippen LogP contribution in [0.1, 0.15) is 59.3 Å². The molecule has 0 aliphatic carbocycles. The summed E-state index contributed by atoms with van der Waals surface area (Å²) in [5.41, 5.74) is 5.95. The monoisotopic (exact) mass is 240 g/mol. The smallest absolute Gasteiger partial charge is 0.0218 e. The fourth-order valence-electron chi connectivity index (χ4n) is 3.07. The molecule has 2 atom stereocenters. The van der Waals surface area contributed by atoms with Gasteiger partial charge < -0.3 is 5.73 Å². The summed E-state index contributed by atoms with van der Waals surface area (Å²) in [5.74, 6) is 1.78. The van der Waals surface area contributed by atoms with Crippen molar-refractivity contribution in [3.05, 3.63) is 0 Å². The first-order chi connectivity index (χ1) is 8.19. The Bertz CT molecular complexity index is 191. The van der Waals surface area contributed by atoms with Gasteiger partial charge in [-0.25, -0.2) is 0 Å². The minimum atomic E-state index is 0.640. The first-order valence-corrected chi connectivity index (χ1v) is 7.63. The third kappa shape index (κ3) is 4.97. The van der Waals surface area contributed by atoms with Crippen LogP contribution >= 0.6 is 0 Å². The summed E-state index contributed by atoms with van der Waals surface area (Å²) in [7, 11) is 0. The van der Waals surface area contributed by atoms with Crippen LogP contribution in [0, 0.1) is 11.8 Å². The lowest BCUT2D eigenvalue weighted by Crippen LogP contribution is -2.41. The highest BCUT2D eigenvalue weighted by molar-refractivity contribution is 4.78. The molecule has 2 nitrogen and oxygen atoms in total. The number of likely N-dealkylation sites (tertiary alicyclic amines) is 1. The van der Waals surface area contributed by atoms with Crippen LogP contribution in [0.25, 0.3) is 0 Å². The van der Waals surface area contributed by atoms with Crippen molar-refractivity contribution in [2.24, 2.45) is 17.6 Å². The maximum atomic E-state index is 5.95. The molecule has 0 aromatic heterocycles. The van der Waals surface area contributed by atoms with Gasteiger partial charge in [0.25, 0.3) is 0 Å². The predicted octanol–water partition coefficient (Wildman–Crippen LogP) is 3.26. The second-order valence-corrected chi connectivity index (χ2v) is 6.00. The Morgan fingerprint density at radius 1 is 1.24 bits per heavy atom. The van der Waals surface area contributed by atoms with Gasteiger partial charge in [-0.2, -0.15) is 0 Å². The van der Waals surface area contributed by atoms with E-state index < -0.39 is 0 Å². The molecule has 0 aromatic rings. The lowest BCUT2D eigenvalue weighted by atomic mass is 9.89. The zero-order chi connectivity index (χ0) is 12.7. The summed E-state index contributed by atoms with van der Waals surface area (Å²) < 4.78 is 0. The van der Waals surface area contributed by atoms with Gasteiger partial charge in [0.1, 0.15) is 0 Å². The lowest BCUT2D eigenvalue weighted by Gasteiger charge is -2.30. The highest BCUT2D eigenvalue weighted by Gasteiger charge is 2.23. The van der Waals surface area contributed by atoms with Crippen LogP contribution in [-0.4, -0.2) is 30.6 Å². The molecule has 102 valence electrons. The molecule has 0 radical (unpaired) electrons. The van der Waals surface area contributed by atoms with Crippen LogP contribution in [0.4, 0.5) is 0 Å². The summed E-state index contributed by atoms with van der Waals surface area (Å²) in [6.07, 6.45) is 8.06. The van der Waals surface area contributed by atoms with Crippen molar-refractivity contribution in [3.8, 4) is 0 Å². The van der Waals surface area contributed by atoms with Crippen LogP contribution in [-0.2, 0) is 0 Å². The summed E-state index contributed by atoms with van der Waals surface area (Å²) in [4.78, 5) is 2.66. The van der Waals surface area contributed by atoms with Crippen LogP contribution < -0.4 is 5.73 Å². The fourth-order valence-corrected chi connectivity index (χ4v) is 3.07. The number of hydrogen-bond donors (Lipinski definition) is 1. The highest BCUT2D eigenvalue weighted by Crippen LogP contribution is 2.25. The van der Waals surface area contributed by atoms with Gasteiger partial charge in [0, 0.05) is 12.6 Å². The molecular formula is C15H32N2. The van der Waals surface area contributed by atoms with Gasteiger partial charge in [-0.3, -0.25) is 4.90 Å². The van der Waals surface area contributed by atoms with Crippen LogP contribution in [0.3, 0.4) is 0 Å². The van der Waals surface area contributed by atoms with Crippen LogP contribution in [0.2, 0.25) is 0 Å². The zero-order valence-electron chi connectivity index (χ0n) is 12.1. The summed E-state index contributed by atoms with van der Waals surface area (Å²) in [6, 6.07) is 0.640. The van der Waals surface area contributed by atoms with E-state index in [9.17, 15) is 0 Å². The zero-order valence-corrected chi connectivity index (χ0v) is 12.1. The molecule has 1 rings (SSSR count). The van der Waals surface area contributed by atoms with Crippen molar-refractivity contribution in [1.29, 1.82) is 0 Å². The first kappa shape index (κ1) is 15.0. The maximum absolute atomic E-state index is 5.95. The van der Waals surface area contributed by atoms with Gasteiger partial charge in [0.15, 0.2) is 0 Å². The van der Waals surface area contributed by atoms with Crippen molar-refractivity contribution in [3.63, 3.8) is 0 Å². The van der Waals surface area contributed by atoms with E-state index in [0.29, 0.717) is 6.04 Å². The van der Waals surface area contributed by atoms with E-state index in [-0.39, 0.29) is 0 Å². The molecule has 0 saturated carbocycles. The molecular weight excluding hydrogens is 208 g/mol. The van der Waals surface area contributed by atoms with Crippen LogP contribution in [0.15, 0.2) is 0 Å². The van der Waals surface area contributed by atoms with Gasteiger partial charge in [-0.15, -0.1) is 0 Å². The Labute approximate surface area is 108 Å². The molecule has 2 heteroatoms. The minimum Gasteiger partial charge on any atom is -0.329 e. The summed E-state index contributed by atoms with van der Waals surface area (Å²) in [6.45, 7) is 10.4. The molecule has 2 N–H and O–H groups in total. The number of rotatable bonds is 6. The van der Waals surface area contributed by atoms with Crippen molar-refractivity contribution < 1.29 is 0 Å². The Kier molecular flexibility index (Phi) is 7.14. The lowest BCUT2D eigenvalue weighted by molar-refractivity contribution is 0.190. The van der Waals surface area contributed by atoms with Gasteiger partial charge >= 0.3 is 0 Å². The van der Waals surface area contributed by atoms with Gasteiger partial charge in [0.2, 0.25) is 0 Å². The van der Waals surface area contributed by atoms with E-state index in [4.69, 9.17) is 5.73 Å². The van der Waals surface area contributed by atoms with E-state index in [1.54, 1.807) is 0 Å². The maximum Gasteiger partial charge on any atom is 0.0218 e. The van der Waals surface area contributed by atoms with E-state index in [1.807, 2.05) is 0 Å². The molecule has 0 bridgehead atoms. The molecule has 1 heterocycles. The number of nitrogens with zero attached hydrogens (tertiary/aromatic N) is 1. The Balaban J connectivity index is 2.42. The third-order valence-electron chi connectivity index (χ3n) is 4.43. The Morgan fingerprint density at radius 3 is 2.59 bits per heavy atom. The molecule has 17 heavy (non-hydrogen) atoms. The largest absolute Gasteiger partial charge is 0.329 e. The molecule has 1 aliphatic rings. The first-order valence-electron chi connectivity index (χ1n) is 7.63. The second-order valence-electron chi connectivity index (χ2n) is 6.00. The normalized spacial score (nSPS) is 24.9. The van der Waals surface area contributed by atoms with Crippen molar-refractivity contribution in [2.45, 2.75) is 65.3 Å². The van der Waals surface area contributed by atoms with E-state index >= 15 is 0 Å². The topological polar surface area (TPSA) is 29.3 Å². The molecule has 1 saturated heterocycles. The van der Waals surface area contributed by atoms with Gasteiger partial charge in [0.05, 0.1) is 0 Å².